The second-order valence-electron chi connectivity index (χ2n) is 6.34. The third-order valence-electron chi connectivity index (χ3n) is 4.19. The van der Waals surface area contributed by atoms with Crippen LogP contribution in [0.1, 0.15) is 16.7 Å². The fourth-order valence-electron chi connectivity index (χ4n) is 2.67. The van der Waals surface area contributed by atoms with Gasteiger partial charge < -0.3 is 14.6 Å². The standard InChI is InChI=1S/C21H23N3O2S/c1-15-4-5-16(2)19(12-15)23-20(25)14-27-21-22-10-11-24(21)13-17-6-8-18(26-3)9-7-17/h4-12H,13-14H2,1-3H3,(H,23,25). The molecule has 3 aromatic rings. The van der Waals surface area contributed by atoms with E-state index >= 15 is 0 Å². The Kier molecular flexibility index (Phi) is 6.19. The normalized spacial score (nSPS) is 10.6. The highest BCUT2D eigenvalue weighted by molar-refractivity contribution is 7.99. The van der Waals surface area contributed by atoms with Gasteiger partial charge in [-0.2, -0.15) is 0 Å². The Labute approximate surface area is 163 Å². The molecule has 0 saturated carbocycles. The number of carbonyl (C=O) groups excluding carboxylic acids is 1. The molecule has 0 aliphatic carbocycles. The van der Waals surface area contributed by atoms with E-state index < -0.39 is 0 Å². The van der Waals surface area contributed by atoms with Crippen molar-refractivity contribution in [1.82, 2.24) is 9.55 Å². The van der Waals surface area contributed by atoms with E-state index in [2.05, 4.69) is 10.3 Å². The highest BCUT2D eigenvalue weighted by atomic mass is 32.2. The molecule has 1 N–H and O–H groups in total. The fraction of sp³-hybridized carbons (Fsp3) is 0.238. The van der Waals surface area contributed by atoms with Gasteiger partial charge in [0.25, 0.3) is 0 Å². The molecule has 1 aromatic heterocycles. The number of nitrogens with zero attached hydrogens (tertiary/aromatic N) is 2. The van der Waals surface area contributed by atoms with E-state index in [1.807, 2.05) is 67.1 Å². The largest absolute Gasteiger partial charge is 0.497 e. The monoisotopic (exact) mass is 381 g/mol. The molecule has 0 saturated heterocycles. The van der Waals surface area contributed by atoms with Crippen LogP contribution in [0.25, 0.3) is 0 Å². The number of methoxy groups -OCH3 is 1. The molecule has 27 heavy (non-hydrogen) atoms. The number of carbonyl (C=O) groups is 1. The zero-order valence-electron chi connectivity index (χ0n) is 15.7. The van der Waals surface area contributed by atoms with Crippen LogP contribution in [0, 0.1) is 13.8 Å². The molecular weight excluding hydrogens is 358 g/mol. The van der Waals surface area contributed by atoms with Crippen LogP contribution in [0.4, 0.5) is 5.69 Å². The molecule has 0 fully saturated rings. The number of imidazole rings is 1. The van der Waals surface area contributed by atoms with Gasteiger partial charge in [-0.1, -0.05) is 36.0 Å². The highest BCUT2D eigenvalue weighted by Crippen LogP contribution is 2.20. The molecule has 5 nitrogen and oxygen atoms in total. The summed E-state index contributed by atoms with van der Waals surface area (Å²) in [6.07, 6.45) is 3.68. The van der Waals surface area contributed by atoms with Crippen molar-refractivity contribution < 1.29 is 9.53 Å². The number of rotatable bonds is 7. The number of hydrogen-bond acceptors (Lipinski definition) is 4. The Morgan fingerprint density at radius 3 is 2.70 bits per heavy atom. The molecule has 0 bridgehead atoms. The lowest BCUT2D eigenvalue weighted by atomic mass is 10.1. The fourth-order valence-corrected chi connectivity index (χ4v) is 3.43. The molecule has 0 aliphatic rings. The second-order valence-corrected chi connectivity index (χ2v) is 7.28. The number of benzene rings is 2. The van der Waals surface area contributed by atoms with Crippen molar-refractivity contribution in [2.75, 3.05) is 18.2 Å². The summed E-state index contributed by atoms with van der Waals surface area (Å²) in [7, 11) is 1.66. The van der Waals surface area contributed by atoms with Crippen LogP contribution in [0.5, 0.6) is 5.75 Å². The molecular formula is C21H23N3O2S. The van der Waals surface area contributed by atoms with Crippen molar-refractivity contribution >= 4 is 23.4 Å². The summed E-state index contributed by atoms with van der Waals surface area (Å²) in [5.41, 5.74) is 4.19. The molecule has 1 amide bonds. The van der Waals surface area contributed by atoms with Gasteiger partial charge in [-0.05, 0) is 48.7 Å². The number of aromatic nitrogens is 2. The Morgan fingerprint density at radius 2 is 1.96 bits per heavy atom. The zero-order chi connectivity index (χ0) is 19.2. The highest BCUT2D eigenvalue weighted by Gasteiger charge is 2.10. The number of hydrogen-bond donors (Lipinski definition) is 1. The maximum atomic E-state index is 12.3. The lowest BCUT2D eigenvalue weighted by molar-refractivity contribution is -0.113. The van der Waals surface area contributed by atoms with Gasteiger partial charge in [0, 0.05) is 24.6 Å². The van der Waals surface area contributed by atoms with Crippen LogP contribution in [0.3, 0.4) is 0 Å². The first kappa shape index (κ1) is 19.0. The van der Waals surface area contributed by atoms with Crippen LogP contribution < -0.4 is 10.1 Å². The van der Waals surface area contributed by atoms with Gasteiger partial charge in [0.15, 0.2) is 5.16 Å². The van der Waals surface area contributed by atoms with Crippen LogP contribution in [-0.2, 0) is 11.3 Å². The summed E-state index contributed by atoms with van der Waals surface area (Å²) in [6, 6.07) is 14.0. The number of aryl methyl sites for hydroxylation is 2. The molecule has 2 aromatic carbocycles. The molecule has 0 aliphatic heterocycles. The van der Waals surface area contributed by atoms with Crippen molar-refractivity contribution in [2.24, 2.45) is 0 Å². The average molecular weight is 382 g/mol. The Bertz CT molecular complexity index is 919. The van der Waals surface area contributed by atoms with Crippen LogP contribution in [0.15, 0.2) is 60.0 Å². The van der Waals surface area contributed by atoms with Crippen molar-refractivity contribution in [2.45, 2.75) is 25.5 Å². The molecule has 0 radical (unpaired) electrons. The van der Waals surface area contributed by atoms with Gasteiger partial charge in [0.2, 0.25) is 5.91 Å². The van der Waals surface area contributed by atoms with E-state index in [4.69, 9.17) is 4.74 Å². The average Bonchev–Trinajstić information content (AvgIpc) is 3.10. The number of amides is 1. The van der Waals surface area contributed by atoms with Crippen LogP contribution in [-0.4, -0.2) is 28.3 Å². The van der Waals surface area contributed by atoms with Crippen molar-refractivity contribution in [3.63, 3.8) is 0 Å². The van der Waals surface area contributed by atoms with Gasteiger partial charge in [0.1, 0.15) is 5.75 Å². The Hall–Kier alpha value is -2.73. The third-order valence-corrected chi connectivity index (χ3v) is 5.19. The number of anilines is 1. The van der Waals surface area contributed by atoms with E-state index in [-0.39, 0.29) is 5.91 Å². The summed E-state index contributed by atoms with van der Waals surface area (Å²) < 4.78 is 7.23. The van der Waals surface area contributed by atoms with Gasteiger partial charge in [-0.15, -0.1) is 0 Å². The van der Waals surface area contributed by atoms with Crippen molar-refractivity contribution in [3.05, 3.63) is 71.5 Å². The van der Waals surface area contributed by atoms with Crippen LogP contribution >= 0.6 is 11.8 Å². The minimum Gasteiger partial charge on any atom is -0.497 e. The number of thioether (sulfide) groups is 1. The summed E-state index contributed by atoms with van der Waals surface area (Å²) in [5.74, 6) is 1.11. The minimum atomic E-state index is -0.0345. The summed E-state index contributed by atoms with van der Waals surface area (Å²) >= 11 is 1.43. The van der Waals surface area contributed by atoms with Crippen molar-refractivity contribution in [1.29, 1.82) is 0 Å². The Morgan fingerprint density at radius 1 is 1.19 bits per heavy atom. The van der Waals surface area contributed by atoms with E-state index in [0.717, 1.165) is 33.3 Å². The van der Waals surface area contributed by atoms with E-state index in [1.165, 1.54) is 11.8 Å². The summed E-state index contributed by atoms with van der Waals surface area (Å²) in [4.78, 5) is 16.7. The molecule has 0 atom stereocenters. The van der Waals surface area contributed by atoms with E-state index in [1.54, 1.807) is 13.3 Å². The Balaban J connectivity index is 1.59. The lowest BCUT2D eigenvalue weighted by Gasteiger charge is -2.10. The topological polar surface area (TPSA) is 56.2 Å². The maximum absolute atomic E-state index is 12.3. The van der Waals surface area contributed by atoms with Gasteiger partial charge in [-0.25, -0.2) is 4.98 Å². The minimum absolute atomic E-state index is 0.0345. The SMILES string of the molecule is COc1ccc(Cn2ccnc2SCC(=O)Nc2cc(C)ccc2C)cc1. The molecule has 0 spiro atoms. The predicted octanol–water partition coefficient (Wildman–Crippen LogP) is 4.29. The molecule has 140 valence electrons. The maximum Gasteiger partial charge on any atom is 0.234 e. The smallest absolute Gasteiger partial charge is 0.234 e. The van der Waals surface area contributed by atoms with E-state index in [9.17, 15) is 4.79 Å². The van der Waals surface area contributed by atoms with Gasteiger partial charge in [-0.3, -0.25) is 4.79 Å². The molecule has 6 heteroatoms. The lowest BCUT2D eigenvalue weighted by Crippen LogP contribution is -2.15. The predicted molar refractivity (Wildman–Crippen MR) is 110 cm³/mol. The molecule has 3 rings (SSSR count). The van der Waals surface area contributed by atoms with Gasteiger partial charge >= 0.3 is 0 Å². The first-order chi connectivity index (χ1) is 13.0. The zero-order valence-corrected chi connectivity index (χ0v) is 16.5. The first-order valence-corrected chi connectivity index (χ1v) is 9.67. The quantitative estimate of drug-likeness (QED) is 0.621. The molecule has 1 heterocycles. The number of nitrogens with one attached hydrogen (secondary N) is 1. The summed E-state index contributed by atoms with van der Waals surface area (Å²) in [6.45, 7) is 4.70. The summed E-state index contributed by atoms with van der Waals surface area (Å²) in [5, 5.41) is 3.81. The second kappa shape index (κ2) is 8.77. The van der Waals surface area contributed by atoms with Gasteiger partial charge in [0.05, 0.1) is 12.9 Å². The first-order valence-electron chi connectivity index (χ1n) is 8.69. The van der Waals surface area contributed by atoms with Crippen LogP contribution in [0.2, 0.25) is 0 Å². The van der Waals surface area contributed by atoms with E-state index in [0.29, 0.717) is 12.3 Å². The van der Waals surface area contributed by atoms with Crippen molar-refractivity contribution in [3.8, 4) is 5.75 Å². The third kappa shape index (κ3) is 5.14. The molecule has 0 unspecified atom stereocenters. The number of ether oxygens (including phenoxy) is 1.